The number of hydrogen-bond acceptors (Lipinski definition) is 2. The van der Waals surface area contributed by atoms with Crippen molar-refractivity contribution in [3.05, 3.63) is 35.9 Å². The Morgan fingerprint density at radius 3 is 2.32 bits per heavy atom. The molecule has 0 amide bonds. The van der Waals surface area contributed by atoms with Crippen molar-refractivity contribution in [3.8, 4) is 0 Å². The van der Waals surface area contributed by atoms with E-state index in [9.17, 15) is 0 Å². The fourth-order valence-corrected chi connectivity index (χ4v) is 2.92. The third-order valence-corrected chi connectivity index (χ3v) is 4.10. The Morgan fingerprint density at radius 1 is 1.05 bits per heavy atom. The lowest BCUT2D eigenvalue weighted by atomic mass is 9.92. The summed E-state index contributed by atoms with van der Waals surface area (Å²) < 4.78 is 0. The van der Waals surface area contributed by atoms with Crippen LogP contribution in [0, 0.1) is 5.41 Å². The first kappa shape index (κ1) is 14.5. The van der Waals surface area contributed by atoms with Crippen molar-refractivity contribution in [2.75, 3.05) is 19.6 Å². The molecule has 1 N–H and O–H groups in total. The Balaban J connectivity index is 2.21. The summed E-state index contributed by atoms with van der Waals surface area (Å²) in [4.78, 5) is 2.62. The van der Waals surface area contributed by atoms with Crippen LogP contribution in [0.4, 0.5) is 0 Å². The van der Waals surface area contributed by atoms with E-state index in [1.807, 2.05) is 0 Å². The molecule has 2 heteroatoms. The Morgan fingerprint density at radius 2 is 1.68 bits per heavy atom. The van der Waals surface area contributed by atoms with Crippen LogP contribution in [0.25, 0.3) is 0 Å². The van der Waals surface area contributed by atoms with Crippen LogP contribution in [0.2, 0.25) is 0 Å². The molecule has 0 aromatic heterocycles. The minimum atomic E-state index is 0.177. The van der Waals surface area contributed by atoms with Gasteiger partial charge in [0, 0.05) is 31.2 Å². The van der Waals surface area contributed by atoms with Gasteiger partial charge in [-0.25, -0.2) is 0 Å². The smallest absolute Gasteiger partial charge is 0.0320 e. The zero-order valence-corrected chi connectivity index (χ0v) is 13.0. The first-order valence-corrected chi connectivity index (χ1v) is 7.33. The molecule has 0 bridgehead atoms. The number of nitrogens with zero attached hydrogens (tertiary/aromatic N) is 1. The highest BCUT2D eigenvalue weighted by molar-refractivity contribution is 5.18. The fraction of sp³-hybridized carbons (Fsp3) is 0.647. The third kappa shape index (κ3) is 3.80. The van der Waals surface area contributed by atoms with Crippen molar-refractivity contribution >= 4 is 0 Å². The molecule has 0 radical (unpaired) electrons. The Kier molecular flexibility index (Phi) is 4.03. The molecule has 0 aliphatic carbocycles. The molecule has 1 aliphatic rings. The molecule has 106 valence electrons. The van der Waals surface area contributed by atoms with E-state index in [4.69, 9.17) is 0 Å². The molecule has 1 saturated heterocycles. The second-order valence-corrected chi connectivity index (χ2v) is 7.39. The van der Waals surface area contributed by atoms with E-state index < -0.39 is 0 Å². The maximum atomic E-state index is 3.71. The van der Waals surface area contributed by atoms with Crippen LogP contribution in [-0.2, 0) is 0 Å². The van der Waals surface area contributed by atoms with Crippen molar-refractivity contribution in [2.24, 2.45) is 5.41 Å². The monoisotopic (exact) mass is 260 g/mol. The van der Waals surface area contributed by atoms with E-state index in [1.165, 1.54) is 5.56 Å². The minimum Gasteiger partial charge on any atom is -0.310 e. The van der Waals surface area contributed by atoms with Gasteiger partial charge in [-0.1, -0.05) is 44.2 Å². The Labute approximate surface area is 118 Å². The van der Waals surface area contributed by atoms with Crippen LogP contribution in [-0.4, -0.2) is 30.1 Å². The van der Waals surface area contributed by atoms with Crippen LogP contribution in [0.5, 0.6) is 0 Å². The minimum absolute atomic E-state index is 0.177. The van der Waals surface area contributed by atoms with E-state index in [2.05, 4.69) is 75.2 Å². The maximum absolute atomic E-state index is 3.71. The first-order chi connectivity index (χ1) is 8.79. The fourth-order valence-electron chi connectivity index (χ4n) is 2.92. The van der Waals surface area contributed by atoms with Crippen LogP contribution in [0.15, 0.2) is 30.3 Å². The molecule has 2 rings (SSSR count). The van der Waals surface area contributed by atoms with Gasteiger partial charge in [-0.15, -0.1) is 0 Å². The van der Waals surface area contributed by atoms with Crippen LogP contribution >= 0.6 is 0 Å². The van der Waals surface area contributed by atoms with Gasteiger partial charge in [0.2, 0.25) is 0 Å². The van der Waals surface area contributed by atoms with E-state index in [-0.39, 0.29) is 5.54 Å². The number of rotatable bonds is 2. The van der Waals surface area contributed by atoms with Gasteiger partial charge in [0.15, 0.2) is 0 Å². The maximum Gasteiger partial charge on any atom is 0.0320 e. The predicted molar refractivity (Wildman–Crippen MR) is 82.3 cm³/mol. The average molecular weight is 260 g/mol. The van der Waals surface area contributed by atoms with E-state index in [0.717, 1.165) is 19.6 Å². The molecular formula is C17H28N2. The van der Waals surface area contributed by atoms with Gasteiger partial charge in [0.25, 0.3) is 0 Å². The summed E-state index contributed by atoms with van der Waals surface area (Å²) in [5.41, 5.74) is 1.91. The third-order valence-electron chi connectivity index (χ3n) is 4.10. The zero-order valence-electron chi connectivity index (χ0n) is 13.0. The van der Waals surface area contributed by atoms with Crippen molar-refractivity contribution in [1.29, 1.82) is 0 Å². The SMILES string of the molecule is CC(c1ccccc1)N1CC(C)(C)CNC(C)(C)C1. The number of benzene rings is 1. The van der Waals surface area contributed by atoms with Gasteiger partial charge < -0.3 is 5.32 Å². The van der Waals surface area contributed by atoms with Crippen molar-refractivity contribution in [2.45, 2.75) is 46.2 Å². The molecule has 1 aromatic carbocycles. The number of hydrogen-bond donors (Lipinski definition) is 1. The van der Waals surface area contributed by atoms with Crippen molar-refractivity contribution < 1.29 is 0 Å². The molecule has 1 fully saturated rings. The molecule has 2 nitrogen and oxygen atoms in total. The second-order valence-electron chi connectivity index (χ2n) is 7.39. The Hall–Kier alpha value is -0.860. The topological polar surface area (TPSA) is 15.3 Å². The molecule has 1 aliphatic heterocycles. The van der Waals surface area contributed by atoms with Crippen LogP contribution < -0.4 is 5.32 Å². The summed E-state index contributed by atoms with van der Waals surface area (Å²) in [6.07, 6.45) is 0. The van der Waals surface area contributed by atoms with Crippen molar-refractivity contribution in [3.63, 3.8) is 0 Å². The van der Waals surface area contributed by atoms with Gasteiger partial charge in [-0.3, -0.25) is 4.90 Å². The summed E-state index contributed by atoms with van der Waals surface area (Å²) in [6.45, 7) is 15.0. The summed E-state index contributed by atoms with van der Waals surface area (Å²) in [5.74, 6) is 0. The zero-order chi connectivity index (χ0) is 14.1. The molecular weight excluding hydrogens is 232 g/mol. The lowest BCUT2D eigenvalue weighted by molar-refractivity contribution is 0.144. The van der Waals surface area contributed by atoms with Gasteiger partial charge in [0.05, 0.1) is 0 Å². The predicted octanol–water partition coefficient (Wildman–Crippen LogP) is 3.46. The van der Waals surface area contributed by atoms with E-state index in [0.29, 0.717) is 11.5 Å². The van der Waals surface area contributed by atoms with Gasteiger partial charge in [0.1, 0.15) is 0 Å². The standard InChI is InChI=1S/C17H28N2/c1-14(15-9-7-6-8-10-15)19-12-16(2,3)11-18-17(4,5)13-19/h6-10,14,18H,11-13H2,1-5H3. The second kappa shape index (κ2) is 5.26. The number of nitrogens with one attached hydrogen (secondary N) is 1. The lowest BCUT2D eigenvalue weighted by Gasteiger charge is -2.35. The highest BCUT2D eigenvalue weighted by Crippen LogP contribution is 2.29. The van der Waals surface area contributed by atoms with E-state index in [1.54, 1.807) is 0 Å². The molecule has 1 unspecified atom stereocenters. The summed E-state index contributed by atoms with van der Waals surface area (Å²) in [7, 11) is 0. The lowest BCUT2D eigenvalue weighted by Crippen LogP contribution is -2.47. The highest BCUT2D eigenvalue weighted by Gasteiger charge is 2.34. The van der Waals surface area contributed by atoms with Crippen LogP contribution in [0.1, 0.15) is 46.2 Å². The summed E-state index contributed by atoms with van der Waals surface area (Å²) in [5, 5.41) is 3.71. The quantitative estimate of drug-likeness (QED) is 0.876. The molecule has 1 atom stereocenters. The molecule has 1 heterocycles. The summed E-state index contributed by atoms with van der Waals surface area (Å²) >= 11 is 0. The first-order valence-electron chi connectivity index (χ1n) is 7.33. The highest BCUT2D eigenvalue weighted by atomic mass is 15.2. The van der Waals surface area contributed by atoms with Gasteiger partial charge >= 0.3 is 0 Å². The Bertz CT molecular complexity index is 391. The van der Waals surface area contributed by atoms with Crippen molar-refractivity contribution in [1.82, 2.24) is 10.2 Å². The largest absolute Gasteiger partial charge is 0.310 e. The van der Waals surface area contributed by atoms with Gasteiger partial charge in [-0.05, 0) is 31.7 Å². The molecule has 1 aromatic rings. The molecule has 0 spiro atoms. The molecule has 0 saturated carbocycles. The average Bonchev–Trinajstić information content (AvgIpc) is 2.46. The summed E-state index contributed by atoms with van der Waals surface area (Å²) in [6, 6.07) is 11.3. The van der Waals surface area contributed by atoms with Crippen LogP contribution in [0.3, 0.4) is 0 Å². The van der Waals surface area contributed by atoms with Gasteiger partial charge in [-0.2, -0.15) is 0 Å². The normalized spacial score (nSPS) is 24.7. The van der Waals surface area contributed by atoms with E-state index >= 15 is 0 Å². The molecule has 19 heavy (non-hydrogen) atoms.